The van der Waals surface area contributed by atoms with E-state index in [4.69, 9.17) is 4.74 Å². The molecule has 0 aliphatic carbocycles. The molecular formula is C7H11N3OS. The van der Waals surface area contributed by atoms with Gasteiger partial charge in [-0.3, -0.25) is 0 Å². The zero-order chi connectivity index (χ0) is 8.39. The lowest BCUT2D eigenvalue weighted by Gasteiger charge is -2.25. The average molecular weight is 185 g/mol. The fourth-order valence-electron chi connectivity index (χ4n) is 1.16. The van der Waals surface area contributed by atoms with Gasteiger partial charge in [0.25, 0.3) is 0 Å². The van der Waals surface area contributed by atoms with Gasteiger partial charge in [-0.25, -0.2) is 4.98 Å². The van der Waals surface area contributed by atoms with Crippen LogP contribution in [0.2, 0.25) is 0 Å². The molecule has 0 unspecified atom stereocenters. The van der Waals surface area contributed by atoms with Crippen molar-refractivity contribution in [2.45, 2.75) is 13.3 Å². The van der Waals surface area contributed by atoms with Crippen molar-refractivity contribution < 1.29 is 4.74 Å². The minimum absolute atomic E-state index is 0.661. The lowest BCUT2D eigenvalue weighted by molar-refractivity contribution is 0.107. The molecule has 0 bridgehead atoms. The number of nitrogens with zero attached hydrogens (tertiary/aromatic N) is 3. The van der Waals surface area contributed by atoms with E-state index >= 15 is 0 Å². The third-order valence-electron chi connectivity index (χ3n) is 1.75. The molecule has 1 saturated heterocycles. The van der Waals surface area contributed by atoms with Crippen molar-refractivity contribution in [1.82, 2.24) is 9.36 Å². The topological polar surface area (TPSA) is 38.2 Å². The van der Waals surface area contributed by atoms with Crippen LogP contribution in [-0.4, -0.2) is 29.2 Å². The number of hydrogen-bond donors (Lipinski definition) is 0. The molecule has 12 heavy (non-hydrogen) atoms. The Bertz CT molecular complexity index is 257. The minimum atomic E-state index is 0.661. The average Bonchev–Trinajstić information content (AvgIpc) is 2.54. The molecule has 1 aliphatic heterocycles. The van der Waals surface area contributed by atoms with Gasteiger partial charge >= 0.3 is 0 Å². The summed E-state index contributed by atoms with van der Waals surface area (Å²) in [7, 11) is 0. The largest absolute Gasteiger partial charge is 0.361 e. The highest BCUT2D eigenvalue weighted by molar-refractivity contribution is 7.09. The van der Waals surface area contributed by atoms with Gasteiger partial charge in [-0.05, 0) is 13.3 Å². The van der Waals surface area contributed by atoms with Gasteiger partial charge in [0.2, 0.25) is 5.13 Å². The van der Waals surface area contributed by atoms with E-state index in [1.54, 1.807) is 0 Å². The molecule has 4 nitrogen and oxygen atoms in total. The zero-order valence-corrected chi connectivity index (χ0v) is 7.80. The summed E-state index contributed by atoms with van der Waals surface area (Å²) in [5.41, 5.74) is 0. The van der Waals surface area contributed by atoms with Gasteiger partial charge in [-0.1, -0.05) is 0 Å². The molecule has 0 saturated carbocycles. The first kappa shape index (κ1) is 7.94. The molecule has 0 spiro atoms. The molecular weight excluding hydrogens is 174 g/mol. The molecule has 0 amide bonds. The van der Waals surface area contributed by atoms with Crippen molar-refractivity contribution in [2.24, 2.45) is 0 Å². The Kier molecular flexibility index (Phi) is 2.23. The maximum atomic E-state index is 5.31. The predicted molar refractivity (Wildman–Crippen MR) is 47.4 cm³/mol. The van der Waals surface area contributed by atoms with E-state index in [0.717, 1.165) is 30.5 Å². The summed E-state index contributed by atoms with van der Waals surface area (Å²) < 4.78 is 9.44. The summed E-state index contributed by atoms with van der Waals surface area (Å²) in [6.07, 6.45) is 1.08. The highest BCUT2D eigenvalue weighted by Gasteiger charge is 2.14. The fraction of sp³-hybridized carbons (Fsp3) is 0.714. The molecule has 66 valence electrons. The number of aryl methyl sites for hydroxylation is 1. The first-order valence-electron chi connectivity index (χ1n) is 3.99. The van der Waals surface area contributed by atoms with E-state index in [1.807, 2.05) is 6.92 Å². The van der Waals surface area contributed by atoms with Gasteiger partial charge in [0.1, 0.15) is 12.6 Å². The number of rotatable bonds is 1. The van der Waals surface area contributed by atoms with Crippen LogP contribution in [0, 0.1) is 6.92 Å². The summed E-state index contributed by atoms with van der Waals surface area (Å²) in [5.74, 6) is 0.848. The number of ether oxygens (including phenoxy) is 1. The summed E-state index contributed by atoms with van der Waals surface area (Å²) >= 11 is 1.44. The maximum Gasteiger partial charge on any atom is 0.207 e. The fourth-order valence-corrected chi connectivity index (χ4v) is 1.85. The van der Waals surface area contributed by atoms with Gasteiger partial charge < -0.3 is 9.64 Å². The number of aromatic nitrogens is 2. The second-order valence-electron chi connectivity index (χ2n) is 2.78. The molecule has 1 fully saturated rings. The van der Waals surface area contributed by atoms with Crippen LogP contribution in [-0.2, 0) is 4.74 Å². The van der Waals surface area contributed by atoms with Gasteiger partial charge in [-0.2, -0.15) is 4.37 Å². The molecule has 0 aromatic carbocycles. The first-order chi connectivity index (χ1) is 5.86. The van der Waals surface area contributed by atoms with E-state index in [0.29, 0.717) is 6.73 Å². The van der Waals surface area contributed by atoms with E-state index in [9.17, 15) is 0 Å². The van der Waals surface area contributed by atoms with E-state index < -0.39 is 0 Å². The van der Waals surface area contributed by atoms with Crippen LogP contribution in [0.15, 0.2) is 0 Å². The quantitative estimate of drug-likeness (QED) is 0.655. The Morgan fingerprint density at radius 1 is 1.58 bits per heavy atom. The highest BCUT2D eigenvalue weighted by atomic mass is 32.1. The summed E-state index contributed by atoms with van der Waals surface area (Å²) in [6, 6.07) is 0. The van der Waals surface area contributed by atoms with Crippen LogP contribution in [0.1, 0.15) is 12.2 Å². The SMILES string of the molecule is Cc1nsc(N2CCCOC2)n1. The molecule has 0 radical (unpaired) electrons. The van der Waals surface area contributed by atoms with Crippen LogP contribution in [0.25, 0.3) is 0 Å². The van der Waals surface area contributed by atoms with E-state index in [2.05, 4.69) is 14.3 Å². The van der Waals surface area contributed by atoms with Crippen LogP contribution < -0.4 is 4.90 Å². The van der Waals surface area contributed by atoms with Crippen molar-refractivity contribution in [3.05, 3.63) is 5.82 Å². The van der Waals surface area contributed by atoms with Crippen LogP contribution >= 0.6 is 11.5 Å². The lowest BCUT2D eigenvalue weighted by atomic mass is 10.4. The smallest absolute Gasteiger partial charge is 0.207 e. The predicted octanol–water partition coefficient (Wildman–Crippen LogP) is 1.03. The summed E-state index contributed by atoms with van der Waals surface area (Å²) in [4.78, 5) is 6.41. The molecule has 1 aromatic heterocycles. The molecule has 2 rings (SSSR count). The normalized spacial score (nSPS) is 18.2. The van der Waals surface area contributed by atoms with Gasteiger partial charge in [-0.15, -0.1) is 0 Å². The second-order valence-corrected chi connectivity index (χ2v) is 3.51. The number of hydrogen-bond acceptors (Lipinski definition) is 5. The highest BCUT2D eigenvalue weighted by Crippen LogP contribution is 2.18. The van der Waals surface area contributed by atoms with Crippen molar-refractivity contribution in [3.8, 4) is 0 Å². The molecule has 0 atom stereocenters. The molecule has 1 aliphatic rings. The van der Waals surface area contributed by atoms with Crippen molar-refractivity contribution in [2.75, 3.05) is 24.8 Å². The Hall–Kier alpha value is -0.680. The van der Waals surface area contributed by atoms with Crippen LogP contribution in [0.3, 0.4) is 0 Å². The van der Waals surface area contributed by atoms with Crippen LogP contribution in [0.4, 0.5) is 5.13 Å². The monoisotopic (exact) mass is 185 g/mol. The Labute approximate surface area is 75.3 Å². The van der Waals surface area contributed by atoms with Gasteiger partial charge in [0.05, 0.1) is 6.61 Å². The lowest BCUT2D eigenvalue weighted by Crippen LogP contribution is -2.32. The van der Waals surface area contributed by atoms with Crippen LogP contribution in [0.5, 0.6) is 0 Å². The standard InChI is InChI=1S/C7H11N3OS/c1-6-8-7(12-9-6)10-3-2-4-11-5-10/h2-5H2,1H3. The third-order valence-corrected chi connectivity index (χ3v) is 2.62. The summed E-state index contributed by atoms with van der Waals surface area (Å²) in [5, 5.41) is 0.979. The molecule has 5 heteroatoms. The number of anilines is 1. The molecule has 0 N–H and O–H groups in total. The van der Waals surface area contributed by atoms with E-state index in [-0.39, 0.29) is 0 Å². The Morgan fingerprint density at radius 3 is 3.08 bits per heavy atom. The second kappa shape index (κ2) is 3.37. The van der Waals surface area contributed by atoms with Crippen molar-refractivity contribution in [3.63, 3.8) is 0 Å². The molecule has 1 aromatic rings. The van der Waals surface area contributed by atoms with E-state index in [1.165, 1.54) is 11.5 Å². The van der Waals surface area contributed by atoms with Gasteiger partial charge in [0, 0.05) is 18.1 Å². The minimum Gasteiger partial charge on any atom is -0.361 e. The first-order valence-corrected chi connectivity index (χ1v) is 4.76. The van der Waals surface area contributed by atoms with Crippen molar-refractivity contribution >= 4 is 16.7 Å². The third kappa shape index (κ3) is 1.56. The summed E-state index contributed by atoms with van der Waals surface area (Å²) in [6.45, 7) is 4.47. The Balaban J connectivity index is 2.08. The maximum absolute atomic E-state index is 5.31. The van der Waals surface area contributed by atoms with Gasteiger partial charge in [0.15, 0.2) is 0 Å². The zero-order valence-electron chi connectivity index (χ0n) is 6.99. The Morgan fingerprint density at radius 2 is 2.50 bits per heavy atom. The van der Waals surface area contributed by atoms with Crippen molar-refractivity contribution in [1.29, 1.82) is 0 Å². The molecule has 2 heterocycles.